The predicted octanol–water partition coefficient (Wildman–Crippen LogP) is 3.76. The lowest BCUT2D eigenvalue weighted by Gasteiger charge is -2.17. The average Bonchev–Trinajstić information content (AvgIpc) is 2.89. The second-order valence-electron chi connectivity index (χ2n) is 5.82. The van der Waals surface area contributed by atoms with Crippen LogP contribution in [0.15, 0.2) is 30.3 Å². The Morgan fingerprint density at radius 3 is 2.96 bits per heavy atom. The number of fused-ring (bicyclic) bond motifs is 1. The Kier molecular flexibility index (Phi) is 4.63. The van der Waals surface area contributed by atoms with Crippen molar-refractivity contribution in [3.05, 3.63) is 46.3 Å². The fourth-order valence-electron chi connectivity index (χ4n) is 2.79. The molecule has 0 bridgehead atoms. The molecule has 118 valence electrons. The number of nitrogens with one attached hydrogen (secondary N) is 1. The molecule has 0 fully saturated rings. The molecule has 1 aliphatic carbocycles. The number of para-hydroxylation sites is 1. The summed E-state index contributed by atoms with van der Waals surface area (Å²) < 4.78 is 5.44. The van der Waals surface area contributed by atoms with E-state index in [9.17, 15) is 10.1 Å². The number of carbonyl (C=O) groups excluding carboxylic acids is 1. The molecule has 0 saturated carbocycles. The van der Waals surface area contributed by atoms with Gasteiger partial charge >= 0.3 is 0 Å². The molecule has 1 heterocycles. The standard InChI is InChI=1S/C18H18N2O2S/c1-12-7-8-14-15(10-19)18(23-16(14)9-12)20-17(21)11-22-13-5-3-2-4-6-13/h2-6,12H,7-9,11H2,1H3,(H,20,21)/t12-/m1/s1. The molecule has 2 aromatic rings. The lowest BCUT2D eigenvalue weighted by Crippen LogP contribution is -2.20. The Bertz CT molecular complexity index is 746. The van der Waals surface area contributed by atoms with Crippen molar-refractivity contribution >= 4 is 22.2 Å². The average molecular weight is 326 g/mol. The summed E-state index contributed by atoms with van der Waals surface area (Å²) in [5, 5.41) is 12.9. The number of ether oxygens (including phenoxy) is 1. The number of anilines is 1. The fraction of sp³-hybridized carbons (Fsp3) is 0.333. The number of nitriles is 1. The van der Waals surface area contributed by atoms with Gasteiger partial charge in [0.15, 0.2) is 6.61 Å². The van der Waals surface area contributed by atoms with E-state index < -0.39 is 0 Å². The van der Waals surface area contributed by atoms with Crippen LogP contribution in [0.4, 0.5) is 5.00 Å². The number of nitrogens with zero attached hydrogens (tertiary/aromatic N) is 1. The van der Waals surface area contributed by atoms with E-state index in [1.54, 1.807) is 12.1 Å². The molecule has 0 unspecified atom stereocenters. The Labute approximate surface area is 139 Å². The number of amides is 1. The molecule has 4 nitrogen and oxygen atoms in total. The van der Waals surface area contributed by atoms with E-state index in [4.69, 9.17) is 4.74 Å². The SMILES string of the molecule is C[C@@H]1CCc2c(sc(NC(=O)COc3ccccc3)c2C#N)C1. The number of thiophene rings is 1. The number of rotatable bonds is 4. The second kappa shape index (κ2) is 6.84. The lowest BCUT2D eigenvalue weighted by atomic mass is 9.89. The smallest absolute Gasteiger partial charge is 0.262 e. The molecule has 0 saturated heterocycles. The first-order valence-electron chi connectivity index (χ1n) is 7.69. The third kappa shape index (κ3) is 3.54. The molecule has 1 atom stereocenters. The third-order valence-corrected chi connectivity index (χ3v) is 5.16. The molecule has 1 aliphatic rings. The highest BCUT2D eigenvalue weighted by Crippen LogP contribution is 2.39. The minimum atomic E-state index is -0.239. The van der Waals surface area contributed by atoms with Crippen LogP contribution < -0.4 is 10.1 Å². The van der Waals surface area contributed by atoms with Crippen molar-refractivity contribution < 1.29 is 9.53 Å². The maximum absolute atomic E-state index is 12.1. The van der Waals surface area contributed by atoms with Gasteiger partial charge in [-0.15, -0.1) is 11.3 Å². The largest absolute Gasteiger partial charge is 0.484 e. The molecule has 23 heavy (non-hydrogen) atoms. The van der Waals surface area contributed by atoms with E-state index in [0.717, 1.165) is 24.8 Å². The first-order valence-corrected chi connectivity index (χ1v) is 8.51. The van der Waals surface area contributed by atoms with E-state index in [1.165, 1.54) is 16.2 Å². The summed E-state index contributed by atoms with van der Waals surface area (Å²) in [7, 11) is 0. The van der Waals surface area contributed by atoms with Crippen LogP contribution in [0, 0.1) is 17.2 Å². The zero-order valence-electron chi connectivity index (χ0n) is 13.0. The van der Waals surface area contributed by atoms with E-state index in [1.807, 2.05) is 18.2 Å². The number of hydrogen-bond donors (Lipinski definition) is 1. The van der Waals surface area contributed by atoms with E-state index >= 15 is 0 Å². The summed E-state index contributed by atoms with van der Waals surface area (Å²) in [6.07, 6.45) is 3.01. The van der Waals surface area contributed by atoms with Gasteiger partial charge in [0.05, 0.1) is 5.56 Å². The van der Waals surface area contributed by atoms with Crippen molar-refractivity contribution in [1.29, 1.82) is 5.26 Å². The molecule has 1 amide bonds. The molecular weight excluding hydrogens is 308 g/mol. The van der Waals surface area contributed by atoms with Crippen molar-refractivity contribution in [3.63, 3.8) is 0 Å². The van der Waals surface area contributed by atoms with E-state index in [0.29, 0.717) is 22.2 Å². The number of hydrogen-bond acceptors (Lipinski definition) is 4. The van der Waals surface area contributed by atoms with Crippen LogP contribution in [0.2, 0.25) is 0 Å². The van der Waals surface area contributed by atoms with Gasteiger partial charge in [-0.2, -0.15) is 5.26 Å². The van der Waals surface area contributed by atoms with Crippen molar-refractivity contribution in [2.45, 2.75) is 26.2 Å². The summed E-state index contributed by atoms with van der Waals surface area (Å²) in [5.74, 6) is 1.05. The van der Waals surface area contributed by atoms with Gasteiger partial charge in [0.1, 0.15) is 16.8 Å². The summed E-state index contributed by atoms with van der Waals surface area (Å²) in [4.78, 5) is 13.3. The van der Waals surface area contributed by atoms with Gasteiger partial charge in [0.2, 0.25) is 0 Å². The summed E-state index contributed by atoms with van der Waals surface area (Å²) in [6, 6.07) is 11.5. The highest BCUT2D eigenvalue weighted by atomic mass is 32.1. The van der Waals surface area contributed by atoms with E-state index in [-0.39, 0.29) is 12.5 Å². The van der Waals surface area contributed by atoms with Gasteiger partial charge in [-0.3, -0.25) is 4.79 Å². The van der Waals surface area contributed by atoms with Crippen LogP contribution in [-0.4, -0.2) is 12.5 Å². The van der Waals surface area contributed by atoms with Crippen molar-refractivity contribution in [3.8, 4) is 11.8 Å². The van der Waals surface area contributed by atoms with Gasteiger partial charge in [0.25, 0.3) is 5.91 Å². The minimum absolute atomic E-state index is 0.0617. The maximum Gasteiger partial charge on any atom is 0.262 e. The maximum atomic E-state index is 12.1. The minimum Gasteiger partial charge on any atom is -0.484 e. The molecule has 0 radical (unpaired) electrons. The highest BCUT2D eigenvalue weighted by molar-refractivity contribution is 7.16. The Balaban J connectivity index is 1.68. The van der Waals surface area contributed by atoms with Crippen molar-refractivity contribution in [2.75, 3.05) is 11.9 Å². The quantitative estimate of drug-likeness (QED) is 0.930. The molecule has 0 spiro atoms. The number of benzene rings is 1. The molecular formula is C18H18N2O2S. The van der Waals surface area contributed by atoms with Gasteiger partial charge < -0.3 is 10.1 Å². The Morgan fingerprint density at radius 1 is 1.43 bits per heavy atom. The molecule has 3 rings (SSSR count). The van der Waals surface area contributed by atoms with Crippen molar-refractivity contribution in [2.24, 2.45) is 5.92 Å². The Morgan fingerprint density at radius 2 is 2.22 bits per heavy atom. The third-order valence-electron chi connectivity index (χ3n) is 3.99. The summed E-state index contributed by atoms with van der Waals surface area (Å²) in [5.41, 5.74) is 1.75. The Hall–Kier alpha value is -2.32. The first-order chi connectivity index (χ1) is 11.2. The molecule has 5 heteroatoms. The summed E-state index contributed by atoms with van der Waals surface area (Å²) in [6.45, 7) is 2.16. The molecule has 1 N–H and O–H groups in total. The monoisotopic (exact) mass is 326 g/mol. The molecule has 1 aromatic carbocycles. The van der Waals surface area contributed by atoms with Crippen LogP contribution in [0.25, 0.3) is 0 Å². The summed E-state index contributed by atoms with van der Waals surface area (Å²) >= 11 is 1.53. The predicted molar refractivity (Wildman–Crippen MR) is 90.8 cm³/mol. The van der Waals surface area contributed by atoms with Crippen LogP contribution in [0.1, 0.15) is 29.3 Å². The van der Waals surface area contributed by atoms with Gasteiger partial charge in [-0.05, 0) is 42.9 Å². The van der Waals surface area contributed by atoms with Crippen LogP contribution in [0.3, 0.4) is 0 Å². The van der Waals surface area contributed by atoms with E-state index in [2.05, 4.69) is 18.3 Å². The molecule has 0 aliphatic heterocycles. The van der Waals surface area contributed by atoms with Crippen LogP contribution in [0.5, 0.6) is 5.75 Å². The zero-order valence-corrected chi connectivity index (χ0v) is 13.8. The van der Waals surface area contributed by atoms with Gasteiger partial charge in [0, 0.05) is 4.88 Å². The first kappa shape index (κ1) is 15.6. The number of carbonyl (C=O) groups is 1. The lowest BCUT2D eigenvalue weighted by molar-refractivity contribution is -0.118. The highest BCUT2D eigenvalue weighted by Gasteiger charge is 2.24. The van der Waals surface area contributed by atoms with Gasteiger partial charge in [-0.25, -0.2) is 0 Å². The van der Waals surface area contributed by atoms with Crippen molar-refractivity contribution in [1.82, 2.24) is 0 Å². The van der Waals surface area contributed by atoms with Crippen LogP contribution in [-0.2, 0) is 17.6 Å². The van der Waals surface area contributed by atoms with Crippen LogP contribution >= 0.6 is 11.3 Å². The fourth-order valence-corrected chi connectivity index (χ4v) is 4.16. The van der Waals surface area contributed by atoms with Gasteiger partial charge in [-0.1, -0.05) is 25.1 Å². The normalized spacial score (nSPS) is 16.3. The second-order valence-corrected chi connectivity index (χ2v) is 6.92. The molecule has 1 aromatic heterocycles. The zero-order chi connectivity index (χ0) is 16.2. The topological polar surface area (TPSA) is 62.1 Å².